The van der Waals surface area contributed by atoms with Crippen molar-refractivity contribution in [2.24, 2.45) is 0 Å². The first-order chi connectivity index (χ1) is 5.93. The average molecular weight is 168 g/mol. The fourth-order valence-corrected chi connectivity index (χ4v) is 1.61. The highest BCUT2D eigenvalue weighted by molar-refractivity contribution is 4.75. The Kier molecular flexibility index (Phi) is 4.85. The lowest BCUT2D eigenvalue weighted by Gasteiger charge is -2.26. The van der Waals surface area contributed by atoms with E-state index in [1.807, 2.05) is 19.2 Å². The molecule has 1 heterocycles. The third kappa shape index (κ3) is 3.77. The van der Waals surface area contributed by atoms with E-state index in [4.69, 9.17) is 0 Å². The van der Waals surface area contributed by atoms with Gasteiger partial charge in [0.2, 0.25) is 0 Å². The maximum atomic E-state index is 3.26. The minimum Gasteiger partial charge on any atom is -0.390 e. The first-order valence-corrected chi connectivity index (χ1v) is 5.00. The predicted octanol–water partition coefficient (Wildman–Crippen LogP) is 1.60. The molecule has 0 atom stereocenters. The Hall–Kier alpha value is -0.500. The molecule has 70 valence electrons. The van der Waals surface area contributed by atoms with Crippen LogP contribution in [-0.4, -0.2) is 31.1 Å². The van der Waals surface area contributed by atoms with Gasteiger partial charge in [0.1, 0.15) is 0 Å². The fraction of sp³-hybridized carbons (Fsp3) is 0.800. The average Bonchev–Trinajstić information content (AvgIpc) is 2.14. The lowest BCUT2D eigenvalue weighted by molar-refractivity contribution is 0.231. The molecule has 0 aromatic heterocycles. The minimum atomic E-state index is 1.09. The highest BCUT2D eigenvalue weighted by atomic mass is 15.1. The van der Waals surface area contributed by atoms with E-state index in [1.54, 1.807) is 0 Å². The zero-order valence-electron chi connectivity index (χ0n) is 8.05. The molecule has 2 heteroatoms. The Balaban J connectivity index is 1.97. The molecule has 0 aromatic carbocycles. The Morgan fingerprint density at radius 1 is 1.25 bits per heavy atom. The summed E-state index contributed by atoms with van der Waals surface area (Å²) in [5, 5.41) is 3.26. The zero-order valence-corrected chi connectivity index (χ0v) is 8.05. The molecule has 1 aliphatic rings. The van der Waals surface area contributed by atoms with E-state index >= 15 is 0 Å². The molecule has 1 saturated heterocycles. The molecular formula is C10H20N2. The van der Waals surface area contributed by atoms with Gasteiger partial charge in [0.25, 0.3) is 0 Å². The number of rotatable bonds is 4. The van der Waals surface area contributed by atoms with Crippen molar-refractivity contribution >= 4 is 0 Å². The summed E-state index contributed by atoms with van der Waals surface area (Å²) in [6.07, 6.45) is 8.27. The summed E-state index contributed by atoms with van der Waals surface area (Å²) in [7, 11) is 0. The van der Waals surface area contributed by atoms with Crippen LogP contribution in [0.5, 0.6) is 0 Å². The van der Waals surface area contributed by atoms with Gasteiger partial charge < -0.3 is 10.2 Å². The van der Waals surface area contributed by atoms with Crippen LogP contribution in [-0.2, 0) is 0 Å². The number of nitrogens with zero attached hydrogens (tertiary/aromatic N) is 1. The van der Waals surface area contributed by atoms with Gasteiger partial charge in [0, 0.05) is 13.1 Å². The molecule has 12 heavy (non-hydrogen) atoms. The summed E-state index contributed by atoms with van der Waals surface area (Å²) >= 11 is 0. The van der Waals surface area contributed by atoms with Crippen molar-refractivity contribution in [1.82, 2.24) is 10.2 Å². The summed E-state index contributed by atoms with van der Waals surface area (Å²) in [5.74, 6) is 0. The van der Waals surface area contributed by atoms with Gasteiger partial charge in [-0.3, -0.25) is 0 Å². The number of allylic oxidation sites excluding steroid dienone is 1. The number of piperidine rings is 1. The van der Waals surface area contributed by atoms with Gasteiger partial charge in [-0.15, -0.1) is 0 Å². The van der Waals surface area contributed by atoms with Gasteiger partial charge in [-0.1, -0.05) is 12.5 Å². The SMILES string of the molecule is CC=CNCCN1CCCCC1. The van der Waals surface area contributed by atoms with Crippen molar-refractivity contribution in [2.45, 2.75) is 26.2 Å². The molecule has 0 unspecified atom stereocenters. The van der Waals surface area contributed by atoms with Gasteiger partial charge >= 0.3 is 0 Å². The first-order valence-electron chi connectivity index (χ1n) is 5.00. The van der Waals surface area contributed by atoms with Crippen LogP contribution in [0.25, 0.3) is 0 Å². The fourth-order valence-electron chi connectivity index (χ4n) is 1.61. The van der Waals surface area contributed by atoms with Crippen molar-refractivity contribution in [3.05, 3.63) is 12.3 Å². The number of nitrogens with one attached hydrogen (secondary N) is 1. The maximum absolute atomic E-state index is 3.26. The summed E-state index contributed by atoms with van der Waals surface area (Å²) in [6.45, 7) is 6.93. The summed E-state index contributed by atoms with van der Waals surface area (Å²) in [6, 6.07) is 0. The molecule has 1 N–H and O–H groups in total. The molecule has 0 amide bonds. The molecule has 2 nitrogen and oxygen atoms in total. The minimum absolute atomic E-state index is 1.09. The van der Waals surface area contributed by atoms with Crippen LogP contribution < -0.4 is 5.32 Å². The van der Waals surface area contributed by atoms with Crippen LogP contribution in [0.2, 0.25) is 0 Å². The molecule has 1 fully saturated rings. The second-order valence-corrected chi connectivity index (χ2v) is 3.36. The maximum Gasteiger partial charge on any atom is 0.0269 e. The van der Waals surface area contributed by atoms with Crippen LogP contribution in [0.3, 0.4) is 0 Å². The molecule has 0 saturated carbocycles. The largest absolute Gasteiger partial charge is 0.390 e. The standard InChI is InChI=1S/C10H20N2/c1-2-6-11-7-10-12-8-4-3-5-9-12/h2,6,11H,3-5,7-10H2,1H3. The van der Waals surface area contributed by atoms with E-state index in [0.717, 1.165) is 6.54 Å². The summed E-state index contributed by atoms with van der Waals surface area (Å²) < 4.78 is 0. The molecule has 0 radical (unpaired) electrons. The molecule has 0 aromatic rings. The molecule has 1 rings (SSSR count). The highest BCUT2D eigenvalue weighted by Gasteiger charge is 2.07. The van der Waals surface area contributed by atoms with Crippen LogP contribution in [0, 0.1) is 0 Å². The van der Waals surface area contributed by atoms with Gasteiger partial charge in [-0.25, -0.2) is 0 Å². The van der Waals surface area contributed by atoms with E-state index in [2.05, 4.69) is 10.2 Å². The molecule has 1 aliphatic heterocycles. The first kappa shape index (κ1) is 9.59. The summed E-state index contributed by atoms with van der Waals surface area (Å²) in [5.41, 5.74) is 0. The Morgan fingerprint density at radius 3 is 2.67 bits per heavy atom. The third-order valence-corrected chi connectivity index (χ3v) is 2.31. The molecule has 0 aliphatic carbocycles. The Morgan fingerprint density at radius 2 is 2.00 bits per heavy atom. The normalized spacial score (nSPS) is 20.1. The number of hydrogen-bond acceptors (Lipinski definition) is 2. The van der Waals surface area contributed by atoms with Crippen molar-refractivity contribution in [3.63, 3.8) is 0 Å². The lowest BCUT2D eigenvalue weighted by atomic mass is 10.1. The number of hydrogen-bond donors (Lipinski definition) is 1. The van der Waals surface area contributed by atoms with Gasteiger partial charge in [-0.05, 0) is 39.1 Å². The number of likely N-dealkylation sites (tertiary alicyclic amines) is 1. The van der Waals surface area contributed by atoms with Crippen molar-refractivity contribution in [2.75, 3.05) is 26.2 Å². The third-order valence-electron chi connectivity index (χ3n) is 2.31. The van der Waals surface area contributed by atoms with Crippen molar-refractivity contribution < 1.29 is 0 Å². The van der Waals surface area contributed by atoms with Crippen molar-refractivity contribution in [3.8, 4) is 0 Å². The van der Waals surface area contributed by atoms with Gasteiger partial charge in [-0.2, -0.15) is 0 Å². The van der Waals surface area contributed by atoms with Crippen LogP contribution in [0.15, 0.2) is 12.3 Å². The Bertz CT molecular complexity index is 126. The van der Waals surface area contributed by atoms with Crippen molar-refractivity contribution in [1.29, 1.82) is 0 Å². The predicted molar refractivity (Wildman–Crippen MR) is 53.1 cm³/mol. The lowest BCUT2D eigenvalue weighted by Crippen LogP contribution is -2.34. The highest BCUT2D eigenvalue weighted by Crippen LogP contribution is 2.06. The zero-order chi connectivity index (χ0) is 8.65. The molecular weight excluding hydrogens is 148 g/mol. The van der Waals surface area contributed by atoms with Gasteiger partial charge in [0.15, 0.2) is 0 Å². The van der Waals surface area contributed by atoms with E-state index in [1.165, 1.54) is 38.9 Å². The quantitative estimate of drug-likeness (QED) is 0.641. The summed E-state index contributed by atoms with van der Waals surface area (Å²) in [4.78, 5) is 2.54. The van der Waals surface area contributed by atoms with E-state index in [9.17, 15) is 0 Å². The molecule has 0 spiro atoms. The van der Waals surface area contributed by atoms with E-state index in [-0.39, 0.29) is 0 Å². The second kappa shape index (κ2) is 6.06. The molecule has 0 bridgehead atoms. The van der Waals surface area contributed by atoms with Gasteiger partial charge in [0.05, 0.1) is 0 Å². The van der Waals surface area contributed by atoms with Crippen LogP contribution >= 0.6 is 0 Å². The van der Waals surface area contributed by atoms with Crippen LogP contribution in [0.1, 0.15) is 26.2 Å². The second-order valence-electron chi connectivity index (χ2n) is 3.36. The Labute approximate surface area is 75.6 Å². The van der Waals surface area contributed by atoms with E-state index < -0.39 is 0 Å². The monoisotopic (exact) mass is 168 g/mol. The topological polar surface area (TPSA) is 15.3 Å². The van der Waals surface area contributed by atoms with E-state index in [0.29, 0.717) is 0 Å². The van der Waals surface area contributed by atoms with Crippen LogP contribution in [0.4, 0.5) is 0 Å². The smallest absolute Gasteiger partial charge is 0.0269 e.